The molecule has 4 heterocycles. The van der Waals surface area contributed by atoms with E-state index in [1.165, 1.54) is 183 Å². The van der Waals surface area contributed by atoms with E-state index >= 15 is 0 Å². The van der Waals surface area contributed by atoms with Crippen molar-refractivity contribution in [3.8, 4) is 23.3 Å². The van der Waals surface area contributed by atoms with Crippen LogP contribution in [0.3, 0.4) is 0 Å². The maximum absolute atomic E-state index is 14.6. The highest BCUT2D eigenvalue weighted by Gasteiger charge is 2.45. The topological polar surface area (TPSA) is 90.5 Å². The molecule has 14 aliphatic rings. The minimum atomic E-state index is 0.120. The van der Waals surface area contributed by atoms with E-state index in [-0.39, 0.29) is 11.8 Å². The van der Waals surface area contributed by atoms with Gasteiger partial charge in [-0.15, -0.1) is 0 Å². The number of nitrogens with zero attached hydrogens (tertiary/aromatic N) is 4. The number of rotatable bonds is 0. The van der Waals surface area contributed by atoms with Gasteiger partial charge in [0.15, 0.2) is 11.6 Å². The molecule has 14 aliphatic carbocycles. The third-order valence-electron chi connectivity index (χ3n) is 23.4. The number of carbonyl (C=O) groups is 2. The highest BCUT2D eigenvalue weighted by atomic mass is 16.1. The maximum Gasteiger partial charge on any atom is 0.166 e. The Kier molecular flexibility index (Phi) is 6.97. The molecular weight excluding hydrogens is 905 g/mol. The Balaban J connectivity index is 1.00. The number of carbonyl (C=O) groups excluding carboxylic acids is 2. The standard InChI is InChI=1S/C68H54N4O2/c69-27-37-21-51-63(55-33-9-5-31(6-10-33)53(37)55)61-41-19-20-42-58-40(18-17-39(57(41)58)59-47-23-43-29-1-13-35(14-2-29)67(73)45(43)25-49(47)71(51)65(59)61)60-48-24-44-30-3-15-36(16-4-30)68(74)46(44)26-50(48)72-52-22-38(28-70)54-32-7-11-34(12-8-32)56(54)64(52)62(42)66(60)72/h21-26,29-36H,1-20H2. The second kappa shape index (κ2) is 13.0. The Morgan fingerprint density at radius 2 is 0.703 bits per heavy atom. The molecule has 0 spiro atoms. The zero-order chi connectivity index (χ0) is 48.0. The van der Waals surface area contributed by atoms with Crippen LogP contribution in [-0.4, -0.2) is 20.4 Å². The van der Waals surface area contributed by atoms with Gasteiger partial charge in [-0.1, -0.05) is 0 Å². The van der Waals surface area contributed by atoms with Crippen LogP contribution in [0.4, 0.5) is 0 Å². The normalized spacial score (nSPS) is 27.8. The summed E-state index contributed by atoms with van der Waals surface area (Å²) in [6, 6.07) is 19.9. The van der Waals surface area contributed by atoms with Crippen molar-refractivity contribution in [2.45, 2.75) is 164 Å². The predicted molar refractivity (Wildman–Crippen MR) is 291 cm³/mol. The summed E-state index contributed by atoms with van der Waals surface area (Å²) in [5, 5.41) is 33.3. The Hall–Kier alpha value is -6.76. The Bertz CT molecular complexity index is 4260. The zero-order valence-electron chi connectivity index (χ0n) is 41.8. The van der Waals surface area contributed by atoms with Gasteiger partial charge in [0.2, 0.25) is 0 Å². The fraction of sp³-hybridized carbons (Fsp3) is 0.412. The third-order valence-corrected chi connectivity index (χ3v) is 23.4. The van der Waals surface area contributed by atoms with Crippen molar-refractivity contribution in [1.29, 1.82) is 10.5 Å². The van der Waals surface area contributed by atoms with Crippen LogP contribution in [0.5, 0.6) is 0 Å². The first-order valence-electron chi connectivity index (χ1n) is 29.2. The lowest BCUT2D eigenvalue weighted by atomic mass is 9.64. The van der Waals surface area contributed by atoms with Gasteiger partial charge in [-0.2, -0.15) is 10.5 Å². The third kappa shape index (κ3) is 4.27. The lowest BCUT2D eigenvalue weighted by molar-refractivity contribution is 0.0891. The number of hydrogen-bond acceptors (Lipinski definition) is 4. The second-order valence-electron chi connectivity index (χ2n) is 25.9. The van der Waals surface area contributed by atoms with Crippen LogP contribution in [-0.2, 0) is 25.7 Å². The van der Waals surface area contributed by atoms with Gasteiger partial charge >= 0.3 is 0 Å². The molecule has 8 bridgehead atoms. The van der Waals surface area contributed by atoms with Crippen molar-refractivity contribution >= 4 is 87.8 Å². The maximum atomic E-state index is 14.6. The molecule has 0 saturated heterocycles. The zero-order valence-corrected chi connectivity index (χ0v) is 41.8. The first-order chi connectivity index (χ1) is 36.4. The van der Waals surface area contributed by atoms with Gasteiger partial charge in [0.25, 0.3) is 0 Å². The Morgan fingerprint density at radius 3 is 1.08 bits per heavy atom. The van der Waals surface area contributed by atoms with Gasteiger partial charge in [0.1, 0.15) is 0 Å². The number of Topliss-reactive ketones (excluding diaryl/α,β-unsaturated/α-hetero) is 2. The molecule has 0 radical (unpaired) electrons. The molecule has 74 heavy (non-hydrogen) atoms. The number of aryl methyl sites for hydroxylation is 4. The summed E-state index contributed by atoms with van der Waals surface area (Å²) in [6.45, 7) is 0. The molecule has 0 aliphatic heterocycles. The molecular formula is C68H54N4O2. The minimum absolute atomic E-state index is 0.120. The first kappa shape index (κ1) is 39.7. The van der Waals surface area contributed by atoms with E-state index in [0.29, 0.717) is 47.1 Å². The van der Waals surface area contributed by atoms with E-state index in [0.717, 1.165) is 110 Å². The van der Waals surface area contributed by atoms with Gasteiger partial charge < -0.3 is 8.80 Å². The summed E-state index contributed by atoms with van der Waals surface area (Å²) in [6.07, 6.45) is 21.6. The molecule has 4 aromatic heterocycles. The number of hydrogen-bond donors (Lipinski definition) is 0. The van der Waals surface area contributed by atoms with Crippen molar-refractivity contribution in [3.05, 3.63) is 114 Å². The van der Waals surface area contributed by atoms with Crippen LogP contribution < -0.4 is 0 Å². The molecule has 4 fully saturated rings. The van der Waals surface area contributed by atoms with Gasteiger partial charge in [-0.25, -0.2) is 0 Å². The summed E-state index contributed by atoms with van der Waals surface area (Å²) in [7, 11) is 0. The van der Waals surface area contributed by atoms with Crippen LogP contribution in [0.15, 0.2) is 36.4 Å². The van der Waals surface area contributed by atoms with Crippen molar-refractivity contribution in [2.24, 2.45) is 11.8 Å². The van der Waals surface area contributed by atoms with Crippen LogP contribution in [0.1, 0.15) is 226 Å². The summed E-state index contributed by atoms with van der Waals surface area (Å²) in [5.41, 5.74) is 28.3. The van der Waals surface area contributed by atoms with Crippen molar-refractivity contribution in [2.75, 3.05) is 0 Å². The highest BCUT2D eigenvalue weighted by Crippen LogP contribution is 2.63. The molecule has 358 valence electrons. The Morgan fingerprint density at radius 1 is 0.365 bits per heavy atom. The number of nitriles is 2. The lowest BCUT2D eigenvalue weighted by Gasteiger charge is -2.40. The monoisotopic (exact) mass is 958 g/mol. The fourth-order valence-electron chi connectivity index (χ4n) is 20.5. The first-order valence-corrected chi connectivity index (χ1v) is 29.2. The predicted octanol–water partition coefficient (Wildman–Crippen LogP) is 16.0. The average Bonchev–Trinajstić information content (AvgIpc) is 4.23. The molecule has 6 aromatic carbocycles. The largest absolute Gasteiger partial charge is 0.308 e. The van der Waals surface area contributed by atoms with Crippen LogP contribution in [0, 0.1) is 34.5 Å². The van der Waals surface area contributed by atoms with E-state index in [1.807, 2.05) is 0 Å². The fourth-order valence-corrected chi connectivity index (χ4v) is 20.5. The number of benzene rings is 6. The quantitative estimate of drug-likeness (QED) is 0.151. The summed E-state index contributed by atoms with van der Waals surface area (Å²) in [4.78, 5) is 29.3. The smallest absolute Gasteiger partial charge is 0.166 e. The number of fused-ring (bicyclic) bond motifs is 24. The van der Waals surface area contributed by atoms with E-state index in [2.05, 4.69) is 57.3 Å². The van der Waals surface area contributed by atoms with E-state index < -0.39 is 0 Å². The highest BCUT2D eigenvalue weighted by molar-refractivity contribution is 6.32. The molecule has 6 heteroatoms. The van der Waals surface area contributed by atoms with E-state index in [4.69, 9.17) is 0 Å². The van der Waals surface area contributed by atoms with Crippen LogP contribution >= 0.6 is 0 Å². The average molecular weight is 959 g/mol. The van der Waals surface area contributed by atoms with Crippen molar-refractivity contribution in [1.82, 2.24) is 8.80 Å². The molecule has 0 unspecified atom stereocenters. The van der Waals surface area contributed by atoms with Gasteiger partial charge in [-0.3, -0.25) is 9.59 Å². The van der Waals surface area contributed by atoms with Gasteiger partial charge in [0, 0.05) is 66.1 Å². The van der Waals surface area contributed by atoms with Gasteiger partial charge in [-0.05, 0) is 267 Å². The molecule has 6 nitrogen and oxygen atoms in total. The number of ketones is 2. The summed E-state index contributed by atoms with van der Waals surface area (Å²) < 4.78 is 5.17. The molecule has 24 rings (SSSR count). The lowest BCUT2D eigenvalue weighted by Crippen LogP contribution is -2.23. The SMILES string of the molecule is N#Cc1cc2c(c3c1C1CCC3CC1)c1c3c4c(c5c6cc7c(cc6n2c51)C(=O)C1CCC7CC1)CCc1c-4c(c2c4c5c(c(C#N)cc4n4c6cc7c(cc6c1c24)C1CCC(CC1)C7=O)C1CCC5CC1)CC3. The van der Waals surface area contributed by atoms with E-state index in [9.17, 15) is 20.1 Å². The number of aromatic nitrogens is 2. The molecule has 0 atom stereocenters. The summed E-state index contributed by atoms with van der Waals surface area (Å²) in [5.74, 6) is 3.54. The Labute approximate surface area is 428 Å². The molecule has 4 saturated carbocycles. The van der Waals surface area contributed by atoms with Gasteiger partial charge in [0.05, 0.1) is 56.4 Å². The van der Waals surface area contributed by atoms with Crippen molar-refractivity contribution < 1.29 is 9.59 Å². The summed E-state index contributed by atoms with van der Waals surface area (Å²) >= 11 is 0. The van der Waals surface area contributed by atoms with Crippen LogP contribution in [0.25, 0.3) is 87.3 Å². The minimum Gasteiger partial charge on any atom is -0.308 e. The van der Waals surface area contributed by atoms with Crippen LogP contribution in [0.2, 0.25) is 0 Å². The van der Waals surface area contributed by atoms with E-state index in [1.54, 1.807) is 0 Å². The molecule has 0 N–H and O–H groups in total. The second-order valence-corrected chi connectivity index (χ2v) is 25.9. The molecule has 10 aromatic rings. The van der Waals surface area contributed by atoms with Crippen molar-refractivity contribution in [3.63, 3.8) is 0 Å². The molecule has 0 amide bonds.